The number of carbonyl (C=O) groups is 1. The number of ether oxygens (including phenoxy) is 2. The van der Waals surface area contributed by atoms with E-state index in [4.69, 9.17) is 4.74 Å². The van der Waals surface area contributed by atoms with Gasteiger partial charge in [0.05, 0.1) is 36.2 Å². The Labute approximate surface area is 186 Å². The Hall–Kier alpha value is -3.66. The quantitative estimate of drug-likeness (QED) is 0.463. The third-order valence-corrected chi connectivity index (χ3v) is 5.62. The van der Waals surface area contributed by atoms with E-state index in [1.807, 2.05) is 38.1 Å². The molecule has 4 aromatic rings. The van der Waals surface area contributed by atoms with Crippen molar-refractivity contribution < 1.29 is 27.4 Å². The number of nitrogens with zero attached hydrogens (tertiary/aromatic N) is 3. The van der Waals surface area contributed by atoms with E-state index in [1.54, 1.807) is 0 Å². The molecule has 0 fully saturated rings. The monoisotopic (exact) mass is 456 g/mol. The number of aromatic nitrogens is 3. The number of fused-ring (bicyclic) bond motifs is 4. The van der Waals surface area contributed by atoms with Gasteiger partial charge in [0.15, 0.2) is 0 Å². The maximum absolute atomic E-state index is 13.2. The smallest absolute Gasteiger partial charge is 0.406 e. The summed E-state index contributed by atoms with van der Waals surface area (Å²) in [5.41, 5.74) is 3.95. The van der Waals surface area contributed by atoms with Crippen LogP contribution in [-0.4, -0.2) is 33.8 Å². The molecule has 1 amide bonds. The first-order chi connectivity index (χ1) is 15.7. The van der Waals surface area contributed by atoms with Crippen LogP contribution >= 0.6 is 0 Å². The second-order valence-electron chi connectivity index (χ2n) is 7.86. The van der Waals surface area contributed by atoms with Crippen molar-refractivity contribution in [2.75, 3.05) is 6.61 Å². The molecule has 0 unspecified atom stereocenters. The fraction of sp³-hybridized carbons (Fsp3) is 0.261. The van der Waals surface area contributed by atoms with Crippen LogP contribution in [-0.2, 0) is 11.3 Å². The Balaban J connectivity index is 1.48. The van der Waals surface area contributed by atoms with Gasteiger partial charge in [0, 0.05) is 10.8 Å². The zero-order chi connectivity index (χ0) is 23.3. The molecule has 10 heteroatoms. The average molecular weight is 456 g/mol. The number of halogens is 3. The molecular weight excluding hydrogens is 437 g/mol. The second kappa shape index (κ2) is 7.73. The summed E-state index contributed by atoms with van der Waals surface area (Å²) >= 11 is 0. The first-order valence-corrected chi connectivity index (χ1v) is 10.2. The van der Waals surface area contributed by atoms with Gasteiger partial charge in [-0.3, -0.25) is 4.98 Å². The zero-order valence-electron chi connectivity index (χ0n) is 17.7. The van der Waals surface area contributed by atoms with Gasteiger partial charge in [-0.25, -0.2) is 4.79 Å². The Morgan fingerprint density at radius 1 is 1.18 bits per heavy atom. The number of pyridine rings is 1. The lowest BCUT2D eigenvalue weighted by molar-refractivity contribution is -0.274. The second-order valence-corrected chi connectivity index (χ2v) is 7.86. The predicted molar refractivity (Wildman–Crippen MR) is 114 cm³/mol. The van der Waals surface area contributed by atoms with Gasteiger partial charge >= 0.3 is 12.4 Å². The number of benzene rings is 2. The molecule has 0 radical (unpaired) electrons. The molecule has 1 atom stereocenters. The first kappa shape index (κ1) is 21.2. The molecule has 0 bridgehead atoms. The molecule has 33 heavy (non-hydrogen) atoms. The largest absolute Gasteiger partial charge is 0.573 e. The van der Waals surface area contributed by atoms with E-state index >= 15 is 0 Å². The van der Waals surface area contributed by atoms with Gasteiger partial charge in [0.1, 0.15) is 11.3 Å². The van der Waals surface area contributed by atoms with Crippen LogP contribution in [0, 0.1) is 13.8 Å². The van der Waals surface area contributed by atoms with Gasteiger partial charge < -0.3 is 14.8 Å². The summed E-state index contributed by atoms with van der Waals surface area (Å²) in [7, 11) is 0. The number of amides is 1. The molecule has 1 aliphatic heterocycles. The van der Waals surface area contributed by atoms with E-state index in [9.17, 15) is 18.0 Å². The molecular formula is C23H19F3N4O3. The van der Waals surface area contributed by atoms with Crippen molar-refractivity contribution in [2.45, 2.75) is 32.9 Å². The molecule has 5 rings (SSSR count). The number of para-hydroxylation sites is 1. The van der Waals surface area contributed by atoms with Crippen molar-refractivity contribution >= 4 is 27.8 Å². The van der Waals surface area contributed by atoms with Crippen molar-refractivity contribution in [1.29, 1.82) is 0 Å². The van der Waals surface area contributed by atoms with Crippen LogP contribution in [0.5, 0.6) is 5.75 Å². The lowest BCUT2D eigenvalue weighted by Gasteiger charge is -2.27. The molecule has 2 aromatic carbocycles. The molecule has 0 aliphatic carbocycles. The Morgan fingerprint density at radius 2 is 1.97 bits per heavy atom. The van der Waals surface area contributed by atoms with E-state index in [-0.39, 0.29) is 19.0 Å². The minimum absolute atomic E-state index is 0.121. The highest BCUT2D eigenvalue weighted by Crippen LogP contribution is 2.32. The SMILES string of the molecule is Cc1nn(C(=O)N[C@H]2COCc3cc(OC(F)(F)F)ccc32)c2c(C)nc3ccccc3c12. The lowest BCUT2D eigenvalue weighted by Crippen LogP contribution is -2.37. The number of aryl methyl sites for hydroxylation is 2. The van der Waals surface area contributed by atoms with Crippen LogP contribution in [0.1, 0.15) is 28.6 Å². The third kappa shape index (κ3) is 3.86. The van der Waals surface area contributed by atoms with E-state index in [1.165, 1.54) is 22.9 Å². The fourth-order valence-electron chi connectivity index (χ4n) is 4.30. The van der Waals surface area contributed by atoms with Crippen LogP contribution < -0.4 is 10.1 Å². The number of carbonyl (C=O) groups excluding carboxylic acids is 1. The van der Waals surface area contributed by atoms with Crippen LogP contribution in [0.3, 0.4) is 0 Å². The molecule has 1 aliphatic rings. The molecule has 2 aromatic heterocycles. The summed E-state index contributed by atoms with van der Waals surface area (Å²) in [5.74, 6) is -0.334. The van der Waals surface area contributed by atoms with Crippen molar-refractivity contribution in [2.24, 2.45) is 0 Å². The Bertz CT molecular complexity index is 1400. The fourth-order valence-corrected chi connectivity index (χ4v) is 4.30. The van der Waals surface area contributed by atoms with Crippen molar-refractivity contribution in [3.05, 3.63) is 65.0 Å². The number of nitrogens with one attached hydrogen (secondary N) is 1. The van der Waals surface area contributed by atoms with E-state index < -0.39 is 18.4 Å². The van der Waals surface area contributed by atoms with Crippen molar-refractivity contribution in [1.82, 2.24) is 20.1 Å². The average Bonchev–Trinajstić information content (AvgIpc) is 3.11. The topological polar surface area (TPSA) is 78.3 Å². The molecule has 0 saturated carbocycles. The van der Waals surface area contributed by atoms with Crippen molar-refractivity contribution in [3.63, 3.8) is 0 Å². The van der Waals surface area contributed by atoms with Crippen LogP contribution in [0.2, 0.25) is 0 Å². The highest BCUT2D eigenvalue weighted by atomic mass is 19.4. The summed E-state index contributed by atoms with van der Waals surface area (Å²) < 4.78 is 48.4. The molecule has 170 valence electrons. The summed E-state index contributed by atoms with van der Waals surface area (Å²) in [5, 5.41) is 9.09. The van der Waals surface area contributed by atoms with Crippen LogP contribution in [0.15, 0.2) is 42.5 Å². The molecule has 0 saturated heterocycles. The summed E-state index contributed by atoms with van der Waals surface area (Å²) in [6.45, 7) is 3.95. The molecule has 3 heterocycles. The van der Waals surface area contributed by atoms with Gasteiger partial charge in [-0.1, -0.05) is 24.3 Å². The van der Waals surface area contributed by atoms with Gasteiger partial charge in [0.25, 0.3) is 0 Å². The van der Waals surface area contributed by atoms with Crippen molar-refractivity contribution in [3.8, 4) is 5.75 Å². The highest BCUT2D eigenvalue weighted by molar-refractivity contribution is 6.08. The highest BCUT2D eigenvalue weighted by Gasteiger charge is 2.32. The number of alkyl halides is 3. The van der Waals surface area contributed by atoms with Gasteiger partial charge in [-0.2, -0.15) is 9.78 Å². The predicted octanol–water partition coefficient (Wildman–Crippen LogP) is 4.93. The number of hydrogen-bond acceptors (Lipinski definition) is 5. The Morgan fingerprint density at radius 3 is 2.76 bits per heavy atom. The number of rotatable bonds is 2. The number of hydrogen-bond donors (Lipinski definition) is 1. The standard InChI is InChI=1S/C23H19F3N4O3/c1-12-20-17-5-3-4-6-18(17)27-13(2)21(20)30(29-12)22(31)28-19-11-32-10-14-9-15(7-8-16(14)19)33-23(24,25)26/h3-9,19H,10-11H2,1-2H3,(H,28,31)/t19-/m0/s1. The van der Waals surface area contributed by atoms with E-state index in [0.717, 1.165) is 16.3 Å². The van der Waals surface area contributed by atoms with Crippen LogP contribution in [0.25, 0.3) is 21.8 Å². The lowest BCUT2D eigenvalue weighted by atomic mass is 9.99. The summed E-state index contributed by atoms with van der Waals surface area (Å²) in [6, 6.07) is 10.6. The van der Waals surface area contributed by atoms with Gasteiger partial charge in [-0.05, 0) is 43.2 Å². The maximum Gasteiger partial charge on any atom is 0.573 e. The van der Waals surface area contributed by atoms with Crippen LogP contribution in [0.4, 0.5) is 18.0 Å². The third-order valence-electron chi connectivity index (χ3n) is 5.62. The molecule has 0 spiro atoms. The molecule has 7 nitrogen and oxygen atoms in total. The minimum atomic E-state index is -4.79. The van der Waals surface area contributed by atoms with E-state index in [0.29, 0.717) is 28.0 Å². The zero-order valence-corrected chi connectivity index (χ0v) is 17.7. The summed E-state index contributed by atoms with van der Waals surface area (Å²) in [4.78, 5) is 17.8. The van der Waals surface area contributed by atoms with Gasteiger partial charge in [0.2, 0.25) is 0 Å². The van der Waals surface area contributed by atoms with Gasteiger partial charge in [-0.15, -0.1) is 13.2 Å². The first-order valence-electron chi connectivity index (χ1n) is 10.2. The Kier molecular flexibility index (Phi) is 4.97. The normalized spacial score (nSPS) is 16.1. The van der Waals surface area contributed by atoms with E-state index in [2.05, 4.69) is 20.1 Å². The maximum atomic E-state index is 13.2. The minimum Gasteiger partial charge on any atom is -0.406 e. The summed E-state index contributed by atoms with van der Waals surface area (Å²) in [6.07, 6.45) is -4.79. The molecule has 1 N–H and O–H groups in total.